The Morgan fingerprint density at radius 3 is 2.38 bits per heavy atom. The van der Waals surface area contributed by atoms with Crippen LogP contribution in [0.25, 0.3) is 0 Å². The number of amides is 1. The Morgan fingerprint density at radius 1 is 1.08 bits per heavy atom. The van der Waals surface area contributed by atoms with Gasteiger partial charge < -0.3 is 9.84 Å². The van der Waals surface area contributed by atoms with E-state index < -0.39 is 0 Å². The largest absolute Gasteiger partial charge is 0.360 e. The normalized spacial score (nSPS) is 10.4. The van der Waals surface area contributed by atoms with Gasteiger partial charge in [-0.05, 0) is 6.92 Å². The first-order valence-corrected chi connectivity index (χ1v) is 7.44. The third-order valence-corrected chi connectivity index (χ3v) is 3.41. The van der Waals surface area contributed by atoms with E-state index in [1.165, 1.54) is 0 Å². The number of ketones is 1. The van der Waals surface area contributed by atoms with Gasteiger partial charge in [0.25, 0.3) is 5.91 Å². The van der Waals surface area contributed by atoms with Gasteiger partial charge in [-0.15, -0.1) is 0 Å². The summed E-state index contributed by atoms with van der Waals surface area (Å²) in [5.41, 5.74) is 1.21. The summed E-state index contributed by atoms with van der Waals surface area (Å²) < 4.78 is 6.58. The minimum Gasteiger partial charge on any atom is -0.360 e. The van der Waals surface area contributed by atoms with Crippen LogP contribution in [-0.2, 0) is 11.3 Å². The van der Waals surface area contributed by atoms with Crippen LogP contribution in [0, 0.1) is 6.92 Å². The molecule has 3 rings (SSSR count). The summed E-state index contributed by atoms with van der Waals surface area (Å²) in [5.74, 6) is 0.733. The lowest BCUT2D eigenvalue weighted by Gasteiger charge is -2.01. The van der Waals surface area contributed by atoms with Gasteiger partial charge in [-0.2, -0.15) is 4.57 Å². The third kappa shape index (κ3) is 3.73. The summed E-state index contributed by atoms with van der Waals surface area (Å²) >= 11 is 0. The lowest BCUT2D eigenvalue weighted by atomic mass is 10.0. The van der Waals surface area contributed by atoms with E-state index in [0.29, 0.717) is 22.7 Å². The number of nitrogens with one attached hydrogen (secondary N) is 1. The molecule has 3 aromatic rings. The molecule has 0 radical (unpaired) electrons. The van der Waals surface area contributed by atoms with Crippen LogP contribution in [0.4, 0.5) is 5.82 Å². The fourth-order valence-corrected chi connectivity index (χ4v) is 2.24. The van der Waals surface area contributed by atoms with Crippen LogP contribution in [0.3, 0.4) is 0 Å². The van der Waals surface area contributed by atoms with Crippen LogP contribution >= 0.6 is 0 Å². The molecule has 120 valence electrons. The molecular formula is C18H16N3O3+. The smallest absolute Gasteiger partial charge is 0.291 e. The summed E-state index contributed by atoms with van der Waals surface area (Å²) in [7, 11) is 0. The zero-order valence-electron chi connectivity index (χ0n) is 13.1. The van der Waals surface area contributed by atoms with Gasteiger partial charge in [-0.1, -0.05) is 35.5 Å². The minimum absolute atomic E-state index is 0.0507. The molecule has 1 amide bonds. The van der Waals surface area contributed by atoms with Gasteiger partial charge in [0, 0.05) is 29.3 Å². The Bertz CT molecular complexity index is 855. The molecule has 0 aliphatic carbocycles. The van der Waals surface area contributed by atoms with Gasteiger partial charge in [0.15, 0.2) is 24.0 Å². The van der Waals surface area contributed by atoms with E-state index in [1.807, 2.05) is 18.2 Å². The van der Waals surface area contributed by atoms with Crippen molar-refractivity contribution in [3.05, 3.63) is 77.8 Å². The summed E-state index contributed by atoms with van der Waals surface area (Å²) in [6, 6.07) is 14.1. The Labute approximate surface area is 138 Å². The zero-order valence-corrected chi connectivity index (χ0v) is 13.1. The Balaban J connectivity index is 1.64. The zero-order chi connectivity index (χ0) is 16.9. The van der Waals surface area contributed by atoms with E-state index in [1.54, 1.807) is 54.2 Å². The molecule has 0 aliphatic rings. The molecule has 24 heavy (non-hydrogen) atoms. The summed E-state index contributed by atoms with van der Waals surface area (Å²) in [6.45, 7) is 1.87. The maximum Gasteiger partial charge on any atom is 0.291 e. The van der Waals surface area contributed by atoms with Crippen molar-refractivity contribution in [2.45, 2.75) is 13.5 Å². The molecule has 1 aromatic carbocycles. The molecule has 0 fully saturated rings. The van der Waals surface area contributed by atoms with Gasteiger partial charge in [0.2, 0.25) is 6.54 Å². The number of hydrogen-bond donors (Lipinski definition) is 1. The molecule has 0 bridgehead atoms. The maximum atomic E-state index is 12.3. The highest BCUT2D eigenvalue weighted by Gasteiger charge is 2.14. The average Bonchev–Trinajstić information content (AvgIpc) is 3.00. The second kappa shape index (κ2) is 6.87. The first-order chi connectivity index (χ1) is 11.6. The standard InChI is InChI=1S/C18H15N3O3/c1-13-11-16(20-24-13)19-17(22)12-21-9-7-15(8-10-21)18(23)14-5-3-2-4-6-14/h2-11H,12H2,1H3/p+1. The minimum atomic E-state index is -0.226. The second-order valence-corrected chi connectivity index (χ2v) is 5.33. The third-order valence-electron chi connectivity index (χ3n) is 3.41. The number of carbonyl (C=O) groups is 2. The summed E-state index contributed by atoms with van der Waals surface area (Å²) in [5, 5.41) is 6.35. The second-order valence-electron chi connectivity index (χ2n) is 5.33. The number of carbonyl (C=O) groups excluding carboxylic acids is 2. The SMILES string of the molecule is Cc1cc(NC(=O)C[n+]2ccc(C(=O)c3ccccc3)cc2)no1. The van der Waals surface area contributed by atoms with Gasteiger partial charge in [-0.25, -0.2) is 0 Å². The highest BCUT2D eigenvalue weighted by molar-refractivity contribution is 6.08. The molecule has 0 saturated heterocycles. The van der Waals surface area contributed by atoms with Gasteiger partial charge in [0.1, 0.15) is 5.76 Å². The molecule has 0 atom stereocenters. The van der Waals surface area contributed by atoms with Crippen LogP contribution < -0.4 is 9.88 Å². The molecule has 6 heteroatoms. The van der Waals surface area contributed by atoms with E-state index in [-0.39, 0.29) is 18.2 Å². The molecular weight excluding hydrogens is 306 g/mol. The van der Waals surface area contributed by atoms with E-state index >= 15 is 0 Å². The average molecular weight is 322 g/mol. The van der Waals surface area contributed by atoms with Crippen molar-refractivity contribution in [1.82, 2.24) is 5.16 Å². The molecule has 2 heterocycles. The van der Waals surface area contributed by atoms with E-state index in [4.69, 9.17) is 4.52 Å². The maximum absolute atomic E-state index is 12.3. The molecule has 0 aliphatic heterocycles. The monoisotopic (exact) mass is 322 g/mol. The van der Waals surface area contributed by atoms with Crippen LogP contribution in [0.15, 0.2) is 65.4 Å². The topological polar surface area (TPSA) is 76.1 Å². The predicted molar refractivity (Wildman–Crippen MR) is 86.4 cm³/mol. The molecule has 0 spiro atoms. The Hall–Kier alpha value is -3.28. The number of benzene rings is 1. The van der Waals surface area contributed by atoms with Crippen molar-refractivity contribution >= 4 is 17.5 Å². The molecule has 2 aromatic heterocycles. The number of aromatic nitrogens is 2. The van der Waals surface area contributed by atoms with Gasteiger partial charge in [-0.3, -0.25) is 9.59 Å². The van der Waals surface area contributed by atoms with Gasteiger partial charge in [0.05, 0.1) is 0 Å². The van der Waals surface area contributed by atoms with Crippen molar-refractivity contribution in [2.75, 3.05) is 5.32 Å². The van der Waals surface area contributed by atoms with Crippen LogP contribution in [0.1, 0.15) is 21.7 Å². The van der Waals surface area contributed by atoms with Crippen molar-refractivity contribution < 1.29 is 18.7 Å². The molecule has 6 nitrogen and oxygen atoms in total. The van der Waals surface area contributed by atoms with Crippen LogP contribution in [0.2, 0.25) is 0 Å². The number of anilines is 1. The fraction of sp³-hybridized carbons (Fsp3) is 0.111. The Kier molecular flexibility index (Phi) is 4.47. The van der Waals surface area contributed by atoms with Crippen molar-refractivity contribution in [2.24, 2.45) is 0 Å². The first-order valence-electron chi connectivity index (χ1n) is 7.44. The molecule has 0 unspecified atom stereocenters. The van der Waals surface area contributed by atoms with Gasteiger partial charge >= 0.3 is 0 Å². The van der Waals surface area contributed by atoms with Crippen LogP contribution in [0.5, 0.6) is 0 Å². The van der Waals surface area contributed by atoms with E-state index in [9.17, 15) is 9.59 Å². The number of hydrogen-bond acceptors (Lipinski definition) is 4. The van der Waals surface area contributed by atoms with Crippen molar-refractivity contribution in [3.8, 4) is 0 Å². The first kappa shape index (κ1) is 15.6. The van der Waals surface area contributed by atoms with E-state index in [2.05, 4.69) is 10.5 Å². The highest BCUT2D eigenvalue weighted by atomic mass is 16.5. The lowest BCUT2D eigenvalue weighted by Crippen LogP contribution is -2.39. The Morgan fingerprint density at radius 2 is 1.75 bits per heavy atom. The summed E-state index contributed by atoms with van der Waals surface area (Å²) in [4.78, 5) is 24.3. The molecule has 0 saturated carbocycles. The van der Waals surface area contributed by atoms with E-state index in [0.717, 1.165) is 0 Å². The highest BCUT2D eigenvalue weighted by Crippen LogP contribution is 2.08. The predicted octanol–water partition coefficient (Wildman–Crippen LogP) is 2.14. The van der Waals surface area contributed by atoms with Crippen molar-refractivity contribution in [1.29, 1.82) is 0 Å². The number of aryl methyl sites for hydroxylation is 1. The fourth-order valence-electron chi connectivity index (χ4n) is 2.24. The number of rotatable bonds is 5. The quantitative estimate of drug-likeness (QED) is 0.577. The number of pyridine rings is 1. The lowest BCUT2D eigenvalue weighted by molar-refractivity contribution is -0.684. The molecule has 1 N–H and O–H groups in total. The van der Waals surface area contributed by atoms with Crippen LogP contribution in [-0.4, -0.2) is 16.8 Å². The number of nitrogens with zero attached hydrogens (tertiary/aromatic N) is 2. The van der Waals surface area contributed by atoms with Crippen molar-refractivity contribution in [3.63, 3.8) is 0 Å². The summed E-state index contributed by atoms with van der Waals surface area (Å²) in [6.07, 6.45) is 3.40.